The maximum atomic E-state index is 2.29. The molecule has 78 valence electrons. The van der Waals surface area contributed by atoms with E-state index in [1.165, 1.54) is 5.56 Å². The van der Waals surface area contributed by atoms with Gasteiger partial charge < -0.3 is 4.90 Å². The van der Waals surface area contributed by atoms with Crippen molar-refractivity contribution in [3.8, 4) is 0 Å². The number of hydrogen-bond acceptors (Lipinski definition) is 1. The molecule has 0 unspecified atom stereocenters. The molecule has 0 aromatic heterocycles. The van der Waals surface area contributed by atoms with Gasteiger partial charge in [-0.2, -0.15) is 0 Å². The van der Waals surface area contributed by atoms with Gasteiger partial charge in [-0.05, 0) is 25.1 Å². The highest BCUT2D eigenvalue weighted by Gasteiger charge is 2.27. The van der Waals surface area contributed by atoms with Crippen LogP contribution in [0.4, 0.5) is 0 Å². The van der Waals surface area contributed by atoms with Gasteiger partial charge in [0.15, 0.2) is 0 Å². The lowest BCUT2D eigenvalue weighted by Gasteiger charge is -2.36. The van der Waals surface area contributed by atoms with Crippen molar-refractivity contribution in [3.05, 3.63) is 35.9 Å². The van der Waals surface area contributed by atoms with Crippen molar-refractivity contribution in [2.75, 3.05) is 14.1 Å². The van der Waals surface area contributed by atoms with Crippen LogP contribution in [0.1, 0.15) is 32.4 Å². The minimum absolute atomic E-state index is 0.269. The van der Waals surface area contributed by atoms with E-state index in [4.69, 9.17) is 0 Å². The summed E-state index contributed by atoms with van der Waals surface area (Å²) in [6, 6.07) is 11.2. The maximum Gasteiger partial charge on any atom is 0.0390 e. The SMILES string of the molecule is CN(C)[C@@H](c1ccccc1)C(C)(C)C. The van der Waals surface area contributed by atoms with Crippen LogP contribution in [-0.2, 0) is 0 Å². The molecular formula is C13H21N. The van der Waals surface area contributed by atoms with Crippen LogP contribution in [0, 0.1) is 5.41 Å². The number of hydrogen-bond donors (Lipinski definition) is 0. The molecule has 1 atom stereocenters. The molecule has 1 aromatic carbocycles. The fourth-order valence-corrected chi connectivity index (χ4v) is 2.21. The van der Waals surface area contributed by atoms with E-state index in [0.29, 0.717) is 6.04 Å². The molecule has 0 aliphatic heterocycles. The van der Waals surface area contributed by atoms with Crippen molar-refractivity contribution in [1.29, 1.82) is 0 Å². The molecule has 0 saturated heterocycles. The maximum absolute atomic E-state index is 2.29. The Bertz CT molecular complexity index is 269. The third-order valence-electron chi connectivity index (χ3n) is 2.45. The van der Waals surface area contributed by atoms with Gasteiger partial charge in [0.25, 0.3) is 0 Å². The Morgan fingerprint density at radius 1 is 1.00 bits per heavy atom. The number of rotatable bonds is 2. The third-order valence-corrected chi connectivity index (χ3v) is 2.45. The molecule has 1 nitrogen and oxygen atoms in total. The first-order valence-corrected chi connectivity index (χ1v) is 5.14. The largest absolute Gasteiger partial charge is 0.302 e. The Kier molecular flexibility index (Phi) is 3.33. The van der Waals surface area contributed by atoms with Crippen molar-refractivity contribution < 1.29 is 0 Å². The first-order valence-electron chi connectivity index (χ1n) is 5.14. The van der Waals surface area contributed by atoms with Crippen molar-refractivity contribution in [3.63, 3.8) is 0 Å². The van der Waals surface area contributed by atoms with Crippen LogP contribution in [0.3, 0.4) is 0 Å². The zero-order valence-electron chi connectivity index (χ0n) is 9.91. The normalized spacial score (nSPS) is 14.4. The molecular weight excluding hydrogens is 170 g/mol. The molecule has 1 rings (SSSR count). The fraction of sp³-hybridized carbons (Fsp3) is 0.538. The molecule has 14 heavy (non-hydrogen) atoms. The van der Waals surface area contributed by atoms with Crippen LogP contribution in [-0.4, -0.2) is 19.0 Å². The molecule has 0 amide bonds. The number of benzene rings is 1. The predicted molar refractivity (Wildman–Crippen MR) is 62.3 cm³/mol. The monoisotopic (exact) mass is 191 g/mol. The second-order valence-electron chi connectivity index (χ2n) is 5.14. The first kappa shape index (κ1) is 11.3. The molecule has 0 saturated carbocycles. The van der Waals surface area contributed by atoms with E-state index >= 15 is 0 Å². The summed E-state index contributed by atoms with van der Waals surface area (Å²) in [4.78, 5) is 2.29. The van der Waals surface area contributed by atoms with E-state index in [9.17, 15) is 0 Å². The third kappa shape index (κ3) is 2.58. The Morgan fingerprint density at radius 2 is 1.50 bits per heavy atom. The average Bonchev–Trinajstić information content (AvgIpc) is 2.02. The minimum Gasteiger partial charge on any atom is -0.302 e. The Labute approximate surface area is 87.7 Å². The van der Waals surface area contributed by atoms with Gasteiger partial charge in [0.2, 0.25) is 0 Å². The van der Waals surface area contributed by atoms with Crippen molar-refractivity contribution in [2.24, 2.45) is 5.41 Å². The summed E-state index contributed by atoms with van der Waals surface area (Å²) in [6.45, 7) is 6.85. The summed E-state index contributed by atoms with van der Waals surface area (Å²) >= 11 is 0. The average molecular weight is 191 g/mol. The summed E-state index contributed by atoms with van der Waals surface area (Å²) in [6.07, 6.45) is 0. The van der Waals surface area contributed by atoms with Crippen molar-refractivity contribution >= 4 is 0 Å². The van der Waals surface area contributed by atoms with Gasteiger partial charge in [-0.3, -0.25) is 0 Å². The minimum atomic E-state index is 0.269. The van der Waals surface area contributed by atoms with Gasteiger partial charge in [-0.1, -0.05) is 51.1 Å². The van der Waals surface area contributed by atoms with Crippen molar-refractivity contribution in [1.82, 2.24) is 4.90 Å². The standard InChI is InChI=1S/C13H21N/c1-13(2,3)12(14(4)5)11-9-7-6-8-10-11/h6-10,12H,1-5H3/t12-/m0/s1. The highest BCUT2D eigenvalue weighted by atomic mass is 15.1. The molecule has 0 heterocycles. The lowest BCUT2D eigenvalue weighted by Crippen LogP contribution is -2.31. The van der Waals surface area contributed by atoms with E-state index < -0.39 is 0 Å². The van der Waals surface area contributed by atoms with Crippen LogP contribution >= 0.6 is 0 Å². The molecule has 1 heteroatoms. The zero-order chi connectivity index (χ0) is 10.8. The second-order valence-corrected chi connectivity index (χ2v) is 5.14. The molecule has 0 N–H and O–H groups in total. The van der Waals surface area contributed by atoms with E-state index in [-0.39, 0.29) is 5.41 Å². The summed E-state index contributed by atoms with van der Waals surface area (Å²) in [5.41, 5.74) is 1.66. The summed E-state index contributed by atoms with van der Waals surface area (Å²) in [5.74, 6) is 0. The zero-order valence-corrected chi connectivity index (χ0v) is 9.91. The number of nitrogens with zero attached hydrogens (tertiary/aromatic N) is 1. The highest BCUT2D eigenvalue weighted by Crippen LogP contribution is 2.36. The first-order chi connectivity index (χ1) is 6.43. The van der Waals surface area contributed by atoms with Crippen LogP contribution < -0.4 is 0 Å². The van der Waals surface area contributed by atoms with Gasteiger partial charge in [0.05, 0.1) is 0 Å². The van der Waals surface area contributed by atoms with Crippen molar-refractivity contribution in [2.45, 2.75) is 26.8 Å². The predicted octanol–water partition coefficient (Wildman–Crippen LogP) is 3.34. The molecule has 0 radical (unpaired) electrons. The Balaban J connectivity index is 3.02. The summed E-state index contributed by atoms with van der Waals surface area (Å²) in [5, 5.41) is 0. The van der Waals surface area contributed by atoms with Crippen LogP contribution in [0.5, 0.6) is 0 Å². The lowest BCUT2D eigenvalue weighted by atomic mass is 9.82. The fourth-order valence-electron chi connectivity index (χ4n) is 2.21. The molecule has 1 aromatic rings. The van der Waals surface area contributed by atoms with Gasteiger partial charge in [-0.25, -0.2) is 0 Å². The van der Waals surface area contributed by atoms with Gasteiger partial charge in [0.1, 0.15) is 0 Å². The Morgan fingerprint density at radius 3 is 1.86 bits per heavy atom. The molecule has 0 aliphatic rings. The summed E-state index contributed by atoms with van der Waals surface area (Å²) in [7, 11) is 4.28. The molecule has 0 fully saturated rings. The smallest absolute Gasteiger partial charge is 0.0390 e. The van der Waals surface area contributed by atoms with Crippen LogP contribution in [0.2, 0.25) is 0 Å². The van der Waals surface area contributed by atoms with E-state index in [0.717, 1.165) is 0 Å². The van der Waals surface area contributed by atoms with Crippen LogP contribution in [0.25, 0.3) is 0 Å². The van der Waals surface area contributed by atoms with Crippen LogP contribution in [0.15, 0.2) is 30.3 Å². The van der Waals surface area contributed by atoms with E-state index in [1.807, 2.05) is 0 Å². The molecule has 0 aliphatic carbocycles. The molecule has 0 spiro atoms. The quantitative estimate of drug-likeness (QED) is 0.693. The second kappa shape index (κ2) is 4.14. The van der Waals surface area contributed by atoms with Gasteiger partial charge in [-0.15, -0.1) is 0 Å². The van der Waals surface area contributed by atoms with E-state index in [2.05, 4.69) is 70.1 Å². The molecule has 0 bridgehead atoms. The Hall–Kier alpha value is -0.820. The lowest BCUT2D eigenvalue weighted by molar-refractivity contribution is 0.154. The van der Waals surface area contributed by atoms with Gasteiger partial charge >= 0.3 is 0 Å². The topological polar surface area (TPSA) is 3.24 Å². The van der Waals surface area contributed by atoms with Gasteiger partial charge in [0, 0.05) is 6.04 Å². The summed E-state index contributed by atoms with van der Waals surface area (Å²) < 4.78 is 0. The van der Waals surface area contributed by atoms with E-state index in [1.54, 1.807) is 0 Å². The highest BCUT2D eigenvalue weighted by molar-refractivity contribution is 5.20.